The molecule has 6 nitrogen and oxygen atoms in total. The summed E-state index contributed by atoms with van der Waals surface area (Å²) in [5.41, 5.74) is 0.493. The molecule has 2 aromatic carbocycles. The highest BCUT2D eigenvalue weighted by Crippen LogP contribution is 2.36. The summed E-state index contributed by atoms with van der Waals surface area (Å²) in [6, 6.07) is 5.56. The molecule has 4 rings (SSSR count). The number of benzene rings is 2. The quantitative estimate of drug-likeness (QED) is 0.545. The fourth-order valence-corrected chi connectivity index (χ4v) is 6.35. The normalized spacial score (nSPS) is 16.0. The molecule has 0 saturated carbocycles. The first-order valence-corrected chi connectivity index (χ1v) is 12.2. The van der Waals surface area contributed by atoms with Crippen molar-refractivity contribution in [2.75, 3.05) is 18.4 Å². The maximum absolute atomic E-state index is 14.0. The van der Waals surface area contributed by atoms with Gasteiger partial charge in [-0.15, -0.1) is 0 Å². The van der Waals surface area contributed by atoms with Crippen molar-refractivity contribution in [3.63, 3.8) is 0 Å². The first kappa shape index (κ1) is 22.3. The monoisotopic (exact) mass is 505 g/mol. The Bertz CT molecular complexity index is 1240. The Hall–Kier alpha value is -1.85. The molecule has 1 aromatic heterocycles. The second-order valence-electron chi connectivity index (χ2n) is 6.97. The fraction of sp³-hybridized carbons (Fsp3) is 0.263. The van der Waals surface area contributed by atoms with Crippen molar-refractivity contribution in [3.05, 3.63) is 52.0 Å². The molecule has 164 valence electrons. The van der Waals surface area contributed by atoms with Gasteiger partial charge < -0.3 is 5.32 Å². The van der Waals surface area contributed by atoms with Crippen LogP contribution in [0.4, 0.5) is 13.9 Å². The Labute approximate surface area is 190 Å². The summed E-state index contributed by atoms with van der Waals surface area (Å²) in [5.74, 6) is -2.62. The topological polar surface area (TPSA) is 79.4 Å². The van der Waals surface area contributed by atoms with Crippen molar-refractivity contribution in [2.45, 2.75) is 17.7 Å². The number of fused-ring (bicyclic) bond motifs is 1. The maximum Gasteiger partial charge on any atom is 0.246 e. The summed E-state index contributed by atoms with van der Waals surface area (Å²) in [6.07, 6.45) is 0.461. The Morgan fingerprint density at radius 3 is 2.48 bits per heavy atom. The van der Waals surface area contributed by atoms with Gasteiger partial charge >= 0.3 is 0 Å². The van der Waals surface area contributed by atoms with Crippen molar-refractivity contribution in [2.24, 2.45) is 5.92 Å². The average molecular weight is 506 g/mol. The number of hydrogen-bond acceptors (Lipinski definition) is 5. The fourth-order valence-electron chi connectivity index (χ4n) is 3.38. The molecule has 0 spiro atoms. The van der Waals surface area contributed by atoms with Crippen LogP contribution in [0.5, 0.6) is 0 Å². The number of nitrogens with one attached hydrogen (secondary N) is 1. The number of rotatable bonds is 4. The van der Waals surface area contributed by atoms with Crippen molar-refractivity contribution in [1.29, 1.82) is 0 Å². The van der Waals surface area contributed by atoms with Gasteiger partial charge in [0, 0.05) is 19.0 Å². The molecule has 1 aliphatic rings. The summed E-state index contributed by atoms with van der Waals surface area (Å²) in [6.45, 7) is 0.0156. The van der Waals surface area contributed by atoms with Crippen LogP contribution in [-0.2, 0) is 14.8 Å². The van der Waals surface area contributed by atoms with Crippen LogP contribution in [0.3, 0.4) is 0 Å². The maximum atomic E-state index is 14.0. The van der Waals surface area contributed by atoms with Gasteiger partial charge in [-0.1, -0.05) is 34.5 Å². The van der Waals surface area contributed by atoms with Crippen LogP contribution in [0.25, 0.3) is 10.2 Å². The van der Waals surface area contributed by atoms with E-state index in [0.29, 0.717) is 31.5 Å². The lowest BCUT2D eigenvalue weighted by atomic mass is 9.97. The highest BCUT2D eigenvalue weighted by Gasteiger charge is 2.34. The van der Waals surface area contributed by atoms with Crippen molar-refractivity contribution < 1.29 is 22.0 Å². The van der Waals surface area contributed by atoms with Crippen molar-refractivity contribution in [1.82, 2.24) is 9.29 Å². The molecule has 0 unspecified atom stereocenters. The largest absolute Gasteiger partial charge is 0.302 e. The zero-order valence-electron chi connectivity index (χ0n) is 15.7. The molecule has 3 aromatic rings. The number of amides is 1. The van der Waals surface area contributed by atoms with Gasteiger partial charge in [-0.3, -0.25) is 4.79 Å². The lowest BCUT2D eigenvalue weighted by Crippen LogP contribution is -2.41. The second-order valence-corrected chi connectivity index (χ2v) is 10.7. The Kier molecular flexibility index (Phi) is 6.19. The van der Waals surface area contributed by atoms with Crippen LogP contribution in [0, 0.1) is 17.6 Å². The molecule has 2 heterocycles. The molecule has 1 saturated heterocycles. The zero-order chi connectivity index (χ0) is 22.3. The Morgan fingerprint density at radius 2 is 1.81 bits per heavy atom. The van der Waals surface area contributed by atoms with Crippen LogP contribution in [0.1, 0.15) is 12.8 Å². The number of carbonyl (C=O) groups excluding carboxylic acids is 1. The smallest absolute Gasteiger partial charge is 0.246 e. The molecule has 31 heavy (non-hydrogen) atoms. The molecule has 0 aliphatic carbocycles. The molecule has 0 radical (unpaired) electrons. The summed E-state index contributed by atoms with van der Waals surface area (Å²) in [4.78, 5) is 16.2. The number of hydrogen-bond donors (Lipinski definition) is 1. The first-order valence-electron chi connectivity index (χ1n) is 9.17. The number of sulfonamides is 1. The van der Waals surface area contributed by atoms with E-state index in [9.17, 15) is 22.0 Å². The third-order valence-corrected chi connectivity index (χ3v) is 8.66. The number of nitrogens with zero attached hydrogens (tertiary/aromatic N) is 2. The highest BCUT2D eigenvalue weighted by atomic mass is 35.5. The van der Waals surface area contributed by atoms with Gasteiger partial charge in [0.25, 0.3) is 0 Å². The van der Waals surface area contributed by atoms with Gasteiger partial charge in [-0.25, -0.2) is 22.2 Å². The molecule has 1 fully saturated rings. The Balaban J connectivity index is 1.44. The number of piperidine rings is 1. The van der Waals surface area contributed by atoms with Crippen molar-refractivity contribution >= 4 is 65.8 Å². The third kappa shape index (κ3) is 4.40. The van der Waals surface area contributed by atoms with Gasteiger partial charge in [0.2, 0.25) is 15.9 Å². The van der Waals surface area contributed by atoms with Gasteiger partial charge in [0.1, 0.15) is 22.0 Å². The number of halogens is 4. The second kappa shape index (κ2) is 8.59. The molecule has 0 bridgehead atoms. The average Bonchev–Trinajstić information content (AvgIpc) is 3.17. The van der Waals surface area contributed by atoms with Gasteiger partial charge in [0.15, 0.2) is 5.13 Å². The molecule has 12 heteroatoms. The molecule has 1 aliphatic heterocycles. The molecule has 0 atom stereocenters. The molecular weight excluding hydrogens is 491 g/mol. The first-order chi connectivity index (χ1) is 14.7. The van der Waals surface area contributed by atoms with E-state index in [-0.39, 0.29) is 31.8 Å². The van der Waals surface area contributed by atoms with Crippen LogP contribution in [-0.4, -0.2) is 36.7 Å². The third-order valence-electron chi connectivity index (χ3n) is 5.01. The minimum Gasteiger partial charge on any atom is -0.302 e. The van der Waals surface area contributed by atoms with Gasteiger partial charge in [-0.05, 0) is 43.2 Å². The van der Waals surface area contributed by atoms with E-state index >= 15 is 0 Å². The van der Waals surface area contributed by atoms with Gasteiger partial charge in [0.05, 0.1) is 14.7 Å². The predicted molar refractivity (Wildman–Crippen MR) is 116 cm³/mol. The Morgan fingerprint density at radius 1 is 1.13 bits per heavy atom. The number of anilines is 1. The SMILES string of the molecule is O=C(Nc1nc2c(Cl)ccc(Cl)c2s1)C1CCN(S(=O)(=O)c2cc(F)ccc2F)CC1. The molecule has 1 N–H and O–H groups in total. The van der Waals surface area contributed by atoms with E-state index in [1.54, 1.807) is 12.1 Å². The summed E-state index contributed by atoms with van der Waals surface area (Å²) >= 11 is 13.5. The number of aromatic nitrogens is 1. The molecular formula is C19H15Cl2F2N3O3S2. The van der Waals surface area contributed by atoms with Crippen LogP contribution in [0.2, 0.25) is 10.0 Å². The van der Waals surface area contributed by atoms with E-state index in [0.717, 1.165) is 16.4 Å². The summed E-state index contributed by atoms with van der Waals surface area (Å²) < 4.78 is 54.4. The molecule has 1 amide bonds. The van der Waals surface area contributed by atoms with Gasteiger partial charge in [-0.2, -0.15) is 4.31 Å². The van der Waals surface area contributed by atoms with E-state index in [1.807, 2.05) is 0 Å². The zero-order valence-corrected chi connectivity index (χ0v) is 18.9. The van der Waals surface area contributed by atoms with Crippen LogP contribution >= 0.6 is 34.5 Å². The number of thiazole rings is 1. The van der Waals surface area contributed by atoms with Crippen molar-refractivity contribution in [3.8, 4) is 0 Å². The van der Waals surface area contributed by atoms with Crippen LogP contribution in [0.15, 0.2) is 35.2 Å². The lowest BCUT2D eigenvalue weighted by molar-refractivity contribution is -0.120. The minimum absolute atomic E-state index is 0.00781. The van der Waals surface area contributed by atoms with E-state index in [1.165, 1.54) is 11.3 Å². The number of carbonyl (C=O) groups is 1. The van der Waals surface area contributed by atoms with E-state index in [4.69, 9.17) is 23.2 Å². The predicted octanol–water partition coefficient (Wildman–Crippen LogP) is 4.92. The summed E-state index contributed by atoms with van der Waals surface area (Å²) in [7, 11) is -4.20. The lowest BCUT2D eigenvalue weighted by Gasteiger charge is -2.30. The highest BCUT2D eigenvalue weighted by molar-refractivity contribution is 7.89. The van der Waals surface area contributed by atoms with E-state index < -0.39 is 32.5 Å². The van der Waals surface area contributed by atoms with Crippen LogP contribution < -0.4 is 5.32 Å². The standard InChI is InChI=1S/C19H15Cl2F2N3O3S2/c20-12-2-3-13(21)17-16(12)24-19(30-17)25-18(27)10-5-7-26(8-6-10)31(28,29)15-9-11(22)1-4-14(15)23/h1-4,9-10H,5-8H2,(H,24,25,27). The summed E-state index contributed by atoms with van der Waals surface area (Å²) in [5, 5.41) is 3.96. The van der Waals surface area contributed by atoms with E-state index in [2.05, 4.69) is 10.3 Å². The minimum atomic E-state index is -4.20.